The molecule has 0 radical (unpaired) electrons. The Kier molecular flexibility index (Phi) is 2.97. The van der Waals surface area contributed by atoms with Crippen molar-refractivity contribution in [3.8, 4) is 22.5 Å². The first-order valence-electron chi connectivity index (χ1n) is 7.19. The van der Waals surface area contributed by atoms with Gasteiger partial charge in [0, 0.05) is 28.9 Å². The number of hydrogen-bond acceptors (Lipinski definition) is 3. The quantitative estimate of drug-likeness (QED) is 0.528. The molecule has 0 atom stereocenters. The van der Waals surface area contributed by atoms with E-state index in [0.717, 1.165) is 38.9 Å². The molecule has 0 unspecified atom stereocenters. The van der Waals surface area contributed by atoms with Gasteiger partial charge in [-0.25, -0.2) is 0 Å². The zero-order valence-electron chi connectivity index (χ0n) is 12.2. The van der Waals surface area contributed by atoms with Crippen LogP contribution in [0.5, 0.6) is 0 Å². The first kappa shape index (κ1) is 12.8. The number of nitrogens with zero attached hydrogens (tertiary/aromatic N) is 2. The van der Waals surface area contributed by atoms with E-state index < -0.39 is 0 Å². The minimum absolute atomic E-state index is 0.788. The van der Waals surface area contributed by atoms with Gasteiger partial charge >= 0.3 is 0 Å². The zero-order chi connectivity index (χ0) is 14.9. The van der Waals surface area contributed by atoms with Gasteiger partial charge in [0.25, 0.3) is 0 Å². The second-order valence-electron chi connectivity index (χ2n) is 5.25. The summed E-state index contributed by atoms with van der Waals surface area (Å²) in [5, 5.41) is 6.44. The van der Waals surface area contributed by atoms with Gasteiger partial charge in [0.2, 0.25) is 0 Å². The molecule has 4 rings (SSSR count). The van der Waals surface area contributed by atoms with Crippen LogP contribution in [0.4, 0.5) is 0 Å². The number of benzene rings is 2. The Morgan fingerprint density at radius 1 is 0.864 bits per heavy atom. The second kappa shape index (κ2) is 5.11. The smallest absolute Gasteiger partial charge is 0.175 e. The van der Waals surface area contributed by atoms with E-state index in [4.69, 9.17) is 4.52 Å². The average Bonchev–Trinajstić information content (AvgIpc) is 2.96. The van der Waals surface area contributed by atoms with Gasteiger partial charge in [-0.05, 0) is 12.3 Å². The van der Waals surface area contributed by atoms with Crippen molar-refractivity contribution >= 4 is 10.8 Å². The highest BCUT2D eigenvalue weighted by Gasteiger charge is 2.18. The molecule has 2 heterocycles. The maximum atomic E-state index is 5.61. The molecule has 4 aromatic rings. The highest BCUT2D eigenvalue weighted by molar-refractivity contribution is 5.99. The Morgan fingerprint density at radius 3 is 2.50 bits per heavy atom. The van der Waals surface area contributed by atoms with E-state index in [-0.39, 0.29) is 0 Å². The minimum atomic E-state index is 0.788. The van der Waals surface area contributed by atoms with E-state index in [1.165, 1.54) is 0 Å². The van der Waals surface area contributed by atoms with Crippen LogP contribution < -0.4 is 0 Å². The summed E-state index contributed by atoms with van der Waals surface area (Å²) < 4.78 is 5.61. The summed E-state index contributed by atoms with van der Waals surface area (Å²) in [7, 11) is 0. The maximum Gasteiger partial charge on any atom is 0.175 e. The van der Waals surface area contributed by atoms with Gasteiger partial charge in [0.1, 0.15) is 0 Å². The Balaban J connectivity index is 2.02. The molecule has 0 N–H and O–H groups in total. The van der Waals surface area contributed by atoms with Crippen LogP contribution in [0.15, 0.2) is 71.5 Å². The lowest BCUT2D eigenvalue weighted by atomic mass is 9.97. The number of aryl methyl sites for hydroxylation is 1. The van der Waals surface area contributed by atoms with Gasteiger partial charge in [0.05, 0.1) is 11.3 Å². The molecule has 3 heteroatoms. The molecule has 0 saturated heterocycles. The van der Waals surface area contributed by atoms with Crippen LogP contribution >= 0.6 is 0 Å². The van der Waals surface area contributed by atoms with E-state index in [1.807, 2.05) is 61.8 Å². The molecule has 0 saturated carbocycles. The molecule has 3 nitrogen and oxygen atoms in total. The van der Waals surface area contributed by atoms with Crippen molar-refractivity contribution in [3.05, 3.63) is 72.7 Å². The number of pyridine rings is 1. The van der Waals surface area contributed by atoms with E-state index in [1.54, 1.807) is 0 Å². The Morgan fingerprint density at radius 2 is 1.64 bits per heavy atom. The summed E-state index contributed by atoms with van der Waals surface area (Å²) in [5.41, 5.74) is 3.95. The van der Waals surface area contributed by atoms with Gasteiger partial charge in [-0.2, -0.15) is 0 Å². The Labute approximate surface area is 128 Å². The summed E-state index contributed by atoms with van der Waals surface area (Å²) in [6.45, 7) is 1.97. The molecule has 0 aliphatic rings. The molecule has 0 fully saturated rings. The maximum absolute atomic E-state index is 5.61. The SMILES string of the molecule is Cc1noc(-c2ccccc2)c1-c1cncc2ccccc12. The van der Waals surface area contributed by atoms with Crippen LogP contribution in [0.25, 0.3) is 33.2 Å². The molecular formula is C19H14N2O. The third kappa shape index (κ3) is 1.99. The van der Waals surface area contributed by atoms with E-state index in [2.05, 4.69) is 22.3 Å². The van der Waals surface area contributed by atoms with Gasteiger partial charge in [0.15, 0.2) is 5.76 Å². The third-order valence-electron chi connectivity index (χ3n) is 3.84. The van der Waals surface area contributed by atoms with Gasteiger partial charge < -0.3 is 4.52 Å². The molecule has 2 aromatic heterocycles. The summed E-state index contributed by atoms with van der Waals surface area (Å²) in [6.07, 6.45) is 3.76. The topological polar surface area (TPSA) is 38.9 Å². The van der Waals surface area contributed by atoms with E-state index >= 15 is 0 Å². The first-order chi connectivity index (χ1) is 10.8. The number of aromatic nitrogens is 2. The summed E-state index contributed by atoms with van der Waals surface area (Å²) in [4.78, 5) is 4.38. The van der Waals surface area contributed by atoms with Crippen LogP contribution in [0.1, 0.15) is 5.69 Å². The molecule has 106 valence electrons. The fourth-order valence-electron chi connectivity index (χ4n) is 2.79. The molecule has 0 bridgehead atoms. The standard InChI is InChI=1S/C19H14N2O/c1-13-18(19(22-21-13)14-7-3-2-4-8-14)17-12-20-11-15-9-5-6-10-16(15)17/h2-12H,1H3. The lowest BCUT2D eigenvalue weighted by molar-refractivity contribution is 0.427. The predicted octanol–water partition coefficient (Wildman–Crippen LogP) is 4.87. The first-order valence-corrected chi connectivity index (χ1v) is 7.19. The third-order valence-corrected chi connectivity index (χ3v) is 3.84. The van der Waals surface area contributed by atoms with Crippen molar-refractivity contribution in [1.29, 1.82) is 0 Å². The molecule has 22 heavy (non-hydrogen) atoms. The van der Waals surface area contributed by atoms with E-state index in [0.29, 0.717) is 0 Å². The van der Waals surface area contributed by atoms with Gasteiger partial charge in [-0.15, -0.1) is 0 Å². The highest BCUT2D eigenvalue weighted by atomic mass is 16.5. The van der Waals surface area contributed by atoms with Crippen LogP contribution in [0.3, 0.4) is 0 Å². The lowest BCUT2D eigenvalue weighted by Gasteiger charge is -2.07. The molecule has 0 aliphatic heterocycles. The highest BCUT2D eigenvalue weighted by Crippen LogP contribution is 2.37. The molecule has 0 aliphatic carbocycles. The molecular weight excluding hydrogens is 272 g/mol. The summed E-state index contributed by atoms with van der Waals surface area (Å²) in [5.74, 6) is 0.788. The van der Waals surface area contributed by atoms with Gasteiger partial charge in [-0.3, -0.25) is 4.98 Å². The summed E-state index contributed by atoms with van der Waals surface area (Å²) >= 11 is 0. The minimum Gasteiger partial charge on any atom is -0.355 e. The summed E-state index contributed by atoms with van der Waals surface area (Å²) in [6, 6.07) is 18.3. The van der Waals surface area contributed by atoms with Crippen LogP contribution in [-0.4, -0.2) is 10.1 Å². The monoisotopic (exact) mass is 286 g/mol. The Hall–Kier alpha value is -2.94. The molecule has 2 aromatic carbocycles. The van der Waals surface area contributed by atoms with Crippen molar-refractivity contribution in [1.82, 2.24) is 10.1 Å². The predicted molar refractivity (Wildman–Crippen MR) is 87.4 cm³/mol. The lowest BCUT2D eigenvalue weighted by Crippen LogP contribution is -1.87. The normalized spacial score (nSPS) is 11.0. The van der Waals surface area contributed by atoms with Crippen molar-refractivity contribution < 1.29 is 4.52 Å². The van der Waals surface area contributed by atoms with Crippen molar-refractivity contribution in [2.24, 2.45) is 0 Å². The zero-order valence-corrected chi connectivity index (χ0v) is 12.2. The van der Waals surface area contributed by atoms with Gasteiger partial charge in [-0.1, -0.05) is 59.8 Å². The average molecular weight is 286 g/mol. The second-order valence-corrected chi connectivity index (χ2v) is 5.25. The number of hydrogen-bond donors (Lipinski definition) is 0. The largest absolute Gasteiger partial charge is 0.355 e. The number of fused-ring (bicyclic) bond motifs is 1. The Bertz CT molecular complexity index is 937. The van der Waals surface area contributed by atoms with Crippen LogP contribution in [-0.2, 0) is 0 Å². The molecule has 0 spiro atoms. The van der Waals surface area contributed by atoms with E-state index in [9.17, 15) is 0 Å². The fraction of sp³-hybridized carbons (Fsp3) is 0.0526. The van der Waals surface area contributed by atoms with Crippen LogP contribution in [0.2, 0.25) is 0 Å². The van der Waals surface area contributed by atoms with Crippen LogP contribution in [0, 0.1) is 6.92 Å². The van der Waals surface area contributed by atoms with Crippen molar-refractivity contribution in [2.45, 2.75) is 6.92 Å². The fourth-order valence-corrected chi connectivity index (χ4v) is 2.79. The van der Waals surface area contributed by atoms with Crippen molar-refractivity contribution in [2.75, 3.05) is 0 Å². The van der Waals surface area contributed by atoms with Crippen molar-refractivity contribution in [3.63, 3.8) is 0 Å². The number of rotatable bonds is 2. The molecule has 0 amide bonds.